The minimum Gasteiger partial charge on any atom is -0.495 e. The van der Waals surface area contributed by atoms with E-state index in [4.69, 9.17) is 9.26 Å². The number of benzene rings is 1. The quantitative estimate of drug-likeness (QED) is 0.887. The third-order valence-corrected chi connectivity index (χ3v) is 4.05. The average Bonchev–Trinajstić information content (AvgIpc) is 2.91. The minimum atomic E-state index is -0.208. The van der Waals surface area contributed by atoms with Crippen LogP contribution in [0.15, 0.2) is 34.9 Å². The zero-order chi connectivity index (χ0) is 15.2. The molecular formula is C15H18N2O3S. The number of thioether (sulfide) groups is 1. The Labute approximate surface area is 128 Å². The first-order chi connectivity index (χ1) is 10.1. The SMILES string of the molecule is COc1ccccc1NC(=O)[C@H](C)SCc1cc(C)no1. The lowest BCUT2D eigenvalue weighted by molar-refractivity contribution is -0.115. The molecule has 0 saturated carbocycles. The van der Waals surface area contributed by atoms with Crippen LogP contribution < -0.4 is 10.1 Å². The van der Waals surface area contributed by atoms with Gasteiger partial charge in [0, 0.05) is 6.07 Å². The summed E-state index contributed by atoms with van der Waals surface area (Å²) in [5.41, 5.74) is 1.52. The number of para-hydroxylation sites is 2. The maximum absolute atomic E-state index is 12.2. The number of ether oxygens (including phenoxy) is 1. The first-order valence-corrected chi connectivity index (χ1v) is 7.62. The molecule has 0 bridgehead atoms. The monoisotopic (exact) mass is 306 g/mol. The number of nitrogens with one attached hydrogen (secondary N) is 1. The normalized spacial score (nSPS) is 12.0. The van der Waals surface area contributed by atoms with Gasteiger partial charge in [-0.2, -0.15) is 0 Å². The smallest absolute Gasteiger partial charge is 0.237 e. The summed E-state index contributed by atoms with van der Waals surface area (Å²) >= 11 is 1.50. The van der Waals surface area contributed by atoms with Crippen LogP contribution in [0.25, 0.3) is 0 Å². The number of methoxy groups -OCH3 is 1. The molecule has 2 aromatic rings. The molecule has 1 aromatic carbocycles. The minimum absolute atomic E-state index is 0.0688. The number of carbonyl (C=O) groups excluding carboxylic acids is 1. The highest BCUT2D eigenvalue weighted by Gasteiger charge is 2.16. The van der Waals surface area contributed by atoms with Gasteiger partial charge < -0.3 is 14.6 Å². The van der Waals surface area contributed by atoms with Crippen molar-refractivity contribution in [3.63, 3.8) is 0 Å². The Bertz CT molecular complexity index is 612. The molecule has 2 rings (SSSR count). The van der Waals surface area contributed by atoms with Crippen LogP contribution in [0, 0.1) is 6.92 Å². The van der Waals surface area contributed by atoms with Crippen molar-refractivity contribution in [2.24, 2.45) is 0 Å². The zero-order valence-corrected chi connectivity index (χ0v) is 13.1. The fourth-order valence-corrected chi connectivity index (χ4v) is 2.51. The van der Waals surface area contributed by atoms with Crippen molar-refractivity contribution >= 4 is 23.4 Å². The predicted octanol–water partition coefficient (Wildman–Crippen LogP) is 3.25. The van der Waals surface area contributed by atoms with Crippen LogP contribution in [0.4, 0.5) is 5.69 Å². The number of aromatic nitrogens is 1. The lowest BCUT2D eigenvalue weighted by Gasteiger charge is -2.13. The van der Waals surface area contributed by atoms with Crippen LogP contribution in [0.5, 0.6) is 5.75 Å². The van der Waals surface area contributed by atoms with E-state index in [0.717, 1.165) is 11.5 Å². The highest BCUT2D eigenvalue weighted by atomic mass is 32.2. The molecular weight excluding hydrogens is 288 g/mol. The van der Waals surface area contributed by atoms with Gasteiger partial charge in [0.2, 0.25) is 5.91 Å². The molecule has 1 amide bonds. The molecule has 1 heterocycles. The van der Waals surface area contributed by atoms with Gasteiger partial charge in [0.15, 0.2) is 0 Å². The highest BCUT2D eigenvalue weighted by molar-refractivity contribution is 7.99. The van der Waals surface area contributed by atoms with Crippen molar-refractivity contribution in [1.82, 2.24) is 5.16 Å². The molecule has 112 valence electrons. The van der Waals surface area contributed by atoms with Crippen molar-refractivity contribution in [1.29, 1.82) is 0 Å². The number of nitrogens with zero attached hydrogens (tertiary/aromatic N) is 1. The fraction of sp³-hybridized carbons (Fsp3) is 0.333. The van der Waals surface area contributed by atoms with E-state index in [2.05, 4.69) is 10.5 Å². The second-order valence-corrected chi connectivity index (χ2v) is 5.91. The van der Waals surface area contributed by atoms with Gasteiger partial charge in [-0.3, -0.25) is 4.79 Å². The summed E-state index contributed by atoms with van der Waals surface area (Å²) in [5.74, 6) is 1.96. The lowest BCUT2D eigenvalue weighted by Crippen LogP contribution is -2.22. The van der Waals surface area contributed by atoms with Crippen LogP contribution in [0.1, 0.15) is 18.4 Å². The van der Waals surface area contributed by atoms with Crippen LogP contribution >= 0.6 is 11.8 Å². The van der Waals surface area contributed by atoms with Gasteiger partial charge in [-0.25, -0.2) is 0 Å². The van der Waals surface area contributed by atoms with Crippen molar-refractivity contribution in [2.45, 2.75) is 24.9 Å². The number of anilines is 1. The summed E-state index contributed by atoms with van der Waals surface area (Å²) in [4.78, 5) is 12.2. The first-order valence-electron chi connectivity index (χ1n) is 6.58. The number of hydrogen-bond acceptors (Lipinski definition) is 5. The topological polar surface area (TPSA) is 64.4 Å². The molecule has 0 saturated heterocycles. The largest absolute Gasteiger partial charge is 0.495 e. The third kappa shape index (κ3) is 4.26. The van der Waals surface area contributed by atoms with Crippen LogP contribution in [-0.4, -0.2) is 23.4 Å². The Balaban J connectivity index is 1.90. The van der Waals surface area contributed by atoms with E-state index in [0.29, 0.717) is 17.2 Å². The molecule has 0 aliphatic heterocycles. The molecule has 0 fully saturated rings. The van der Waals surface area contributed by atoms with Crippen LogP contribution in [0.2, 0.25) is 0 Å². The van der Waals surface area contributed by atoms with Crippen molar-refractivity contribution in [2.75, 3.05) is 12.4 Å². The molecule has 0 radical (unpaired) electrons. The number of aryl methyl sites for hydroxylation is 1. The number of hydrogen-bond donors (Lipinski definition) is 1. The molecule has 1 aromatic heterocycles. The van der Waals surface area contributed by atoms with Gasteiger partial charge in [-0.1, -0.05) is 17.3 Å². The summed E-state index contributed by atoms with van der Waals surface area (Å²) in [5, 5.41) is 6.49. The summed E-state index contributed by atoms with van der Waals surface area (Å²) < 4.78 is 10.3. The van der Waals surface area contributed by atoms with Gasteiger partial charge in [-0.15, -0.1) is 11.8 Å². The van der Waals surface area contributed by atoms with E-state index in [9.17, 15) is 4.79 Å². The van der Waals surface area contributed by atoms with E-state index in [1.807, 2.05) is 44.2 Å². The highest BCUT2D eigenvalue weighted by Crippen LogP contribution is 2.25. The van der Waals surface area contributed by atoms with E-state index >= 15 is 0 Å². The number of carbonyl (C=O) groups is 1. The Hall–Kier alpha value is -1.95. The van der Waals surface area contributed by atoms with Crippen molar-refractivity contribution in [3.8, 4) is 5.75 Å². The zero-order valence-electron chi connectivity index (χ0n) is 12.3. The first kappa shape index (κ1) is 15.4. The van der Waals surface area contributed by atoms with Crippen molar-refractivity contribution in [3.05, 3.63) is 41.8 Å². The van der Waals surface area contributed by atoms with E-state index in [-0.39, 0.29) is 11.2 Å². The van der Waals surface area contributed by atoms with Gasteiger partial charge in [-0.05, 0) is 26.0 Å². The average molecular weight is 306 g/mol. The Kier molecular flexibility index (Phi) is 5.27. The van der Waals surface area contributed by atoms with E-state index < -0.39 is 0 Å². The molecule has 0 spiro atoms. The van der Waals surface area contributed by atoms with Gasteiger partial charge >= 0.3 is 0 Å². The fourth-order valence-electron chi connectivity index (χ4n) is 1.75. The van der Waals surface area contributed by atoms with Crippen LogP contribution in [-0.2, 0) is 10.5 Å². The molecule has 21 heavy (non-hydrogen) atoms. The molecule has 0 aliphatic rings. The summed E-state index contributed by atoms with van der Waals surface area (Å²) in [6, 6.07) is 9.21. The summed E-state index contributed by atoms with van der Waals surface area (Å²) in [6.07, 6.45) is 0. The Morgan fingerprint density at radius 2 is 2.24 bits per heavy atom. The number of amides is 1. The van der Waals surface area contributed by atoms with Gasteiger partial charge in [0.05, 0.1) is 29.5 Å². The summed E-state index contributed by atoms with van der Waals surface area (Å²) in [6.45, 7) is 3.73. The lowest BCUT2D eigenvalue weighted by atomic mass is 10.3. The number of rotatable bonds is 6. The van der Waals surface area contributed by atoms with Crippen LogP contribution in [0.3, 0.4) is 0 Å². The molecule has 0 unspecified atom stereocenters. The maximum atomic E-state index is 12.2. The standard InChI is InChI=1S/C15H18N2O3S/c1-10-8-12(20-17-10)9-21-11(2)15(18)16-13-6-4-5-7-14(13)19-3/h4-8,11H,9H2,1-3H3,(H,16,18)/t11-/m0/s1. The Morgan fingerprint density at radius 1 is 1.48 bits per heavy atom. The molecule has 0 aliphatic carbocycles. The van der Waals surface area contributed by atoms with Gasteiger partial charge in [0.1, 0.15) is 11.5 Å². The van der Waals surface area contributed by atoms with Crippen molar-refractivity contribution < 1.29 is 14.1 Å². The molecule has 1 N–H and O–H groups in total. The predicted molar refractivity (Wildman–Crippen MR) is 83.6 cm³/mol. The second-order valence-electron chi connectivity index (χ2n) is 4.58. The second kappa shape index (κ2) is 7.17. The third-order valence-electron chi connectivity index (χ3n) is 2.89. The maximum Gasteiger partial charge on any atom is 0.237 e. The van der Waals surface area contributed by atoms with E-state index in [1.165, 1.54) is 11.8 Å². The summed E-state index contributed by atoms with van der Waals surface area (Å²) in [7, 11) is 1.58. The molecule has 5 nitrogen and oxygen atoms in total. The molecule has 1 atom stereocenters. The van der Waals surface area contributed by atoms with E-state index in [1.54, 1.807) is 7.11 Å². The van der Waals surface area contributed by atoms with Gasteiger partial charge in [0.25, 0.3) is 0 Å². The Morgan fingerprint density at radius 3 is 2.90 bits per heavy atom. The molecule has 6 heteroatoms.